The fourth-order valence-electron chi connectivity index (χ4n) is 2.93. The maximum absolute atomic E-state index is 3.47. The van der Waals surface area contributed by atoms with Crippen LogP contribution in [0.3, 0.4) is 0 Å². The van der Waals surface area contributed by atoms with Crippen molar-refractivity contribution in [3.8, 4) is 0 Å². The Labute approximate surface area is 81.7 Å². The molecule has 0 aromatic heterocycles. The Morgan fingerprint density at radius 1 is 1.23 bits per heavy atom. The van der Waals surface area contributed by atoms with Gasteiger partial charge in [0.2, 0.25) is 0 Å². The van der Waals surface area contributed by atoms with Crippen molar-refractivity contribution in [1.29, 1.82) is 0 Å². The molecule has 2 heteroatoms. The molecule has 2 nitrogen and oxygen atoms in total. The average molecular weight is 182 g/mol. The van der Waals surface area contributed by atoms with Crippen LogP contribution in [0.15, 0.2) is 0 Å². The SMILES string of the molecule is CC1CC2(CCNCC2)CCN1C. The second kappa shape index (κ2) is 3.58. The van der Waals surface area contributed by atoms with E-state index in [2.05, 4.69) is 24.2 Å². The van der Waals surface area contributed by atoms with Gasteiger partial charge in [0.15, 0.2) is 0 Å². The van der Waals surface area contributed by atoms with E-state index in [9.17, 15) is 0 Å². The maximum Gasteiger partial charge on any atom is 0.00691 e. The highest BCUT2D eigenvalue weighted by Crippen LogP contribution is 2.41. The zero-order valence-corrected chi connectivity index (χ0v) is 8.97. The molecule has 2 aliphatic heterocycles. The Bertz CT molecular complexity index is 173. The van der Waals surface area contributed by atoms with Crippen LogP contribution in [0, 0.1) is 5.41 Å². The second-order valence-electron chi connectivity index (χ2n) is 5.03. The number of hydrogen-bond donors (Lipinski definition) is 1. The second-order valence-corrected chi connectivity index (χ2v) is 5.03. The van der Waals surface area contributed by atoms with Gasteiger partial charge in [-0.2, -0.15) is 0 Å². The van der Waals surface area contributed by atoms with Crippen LogP contribution in [0.5, 0.6) is 0 Å². The summed E-state index contributed by atoms with van der Waals surface area (Å²) in [4.78, 5) is 2.51. The first-order valence-electron chi connectivity index (χ1n) is 5.63. The summed E-state index contributed by atoms with van der Waals surface area (Å²) in [6.45, 7) is 6.18. The fourth-order valence-corrected chi connectivity index (χ4v) is 2.93. The van der Waals surface area contributed by atoms with Gasteiger partial charge in [0.05, 0.1) is 0 Å². The molecule has 0 aliphatic carbocycles. The first-order valence-corrected chi connectivity index (χ1v) is 5.63. The summed E-state index contributed by atoms with van der Waals surface area (Å²) in [6.07, 6.45) is 5.66. The molecule has 2 saturated heterocycles. The normalized spacial score (nSPS) is 35.1. The lowest BCUT2D eigenvalue weighted by Gasteiger charge is -2.46. The van der Waals surface area contributed by atoms with Crippen molar-refractivity contribution < 1.29 is 0 Å². The lowest BCUT2D eigenvalue weighted by Crippen LogP contribution is -2.48. The van der Waals surface area contributed by atoms with Gasteiger partial charge >= 0.3 is 0 Å². The van der Waals surface area contributed by atoms with Gasteiger partial charge in [0, 0.05) is 6.04 Å². The van der Waals surface area contributed by atoms with Crippen LogP contribution in [0.25, 0.3) is 0 Å². The van der Waals surface area contributed by atoms with Gasteiger partial charge in [-0.05, 0) is 64.7 Å². The minimum Gasteiger partial charge on any atom is -0.317 e. The van der Waals surface area contributed by atoms with Gasteiger partial charge in [-0.15, -0.1) is 0 Å². The largest absolute Gasteiger partial charge is 0.317 e. The fraction of sp³-hybridized carbons (Fsp3) is 1.00. The number of hydrogen-bond acceptors (Lipinski definition) is 2. The van der Waals surface area contributed by atoms with Crippen molar-refractivity contribution in [2.24, 2.45) is 5.41 Å². The van der Waals surface area contributed by atoms with Gasteiger partial charge in [-0.3, -0.25) is 0 Å². The molecule has 0 aromatic rings. The zero-order valence-electron chi connectivity index (χ0n) is 8.97. The number of piperidine rings is 2. The first kappa shape index (κ1) is 9.47. The third-order valence-corrected chi connectivity index (χ3v) is 4.14. The number of nitrogens with zero attached hydrogens (tertiary/aromatic N) is 1. The van der Waals surface area contributed by atoms with E-state index in [4.69, 9.17) is 0 Å². The molecule has 0 bridgehead atoms. The van der Waals surface area contributed by atoms with E-state index in [1.54, 1.807) is 0 Å². The van der Waals surface area contributed by atoms with Gasteiger partial charge in [0.25, 0.3) is 0 Å². The molecule has 2 aliphatic rings. The van der Waals surface area contributed by atoms with Gasteiger partial charge in [-0.25, -0.2) is 0 Å². The summed E-state index contributed by atoms with van der Waals surface area (Å²) in [6, 6.07) is 0.798. The van der Waals surface area contributed by atoms with Crippen molar-refractivity contribution in [1.82, 2.24) is 10.2 Å². The van der Waals surface area contributed by atoms with Crippen LogP contribution >= 0.6 is 0 Å². The van der Waals surface area contributed by atoms with E-state index < -0.39 is 0 Å². The first-order chi connectivity index (χ1) is 6.22. The third-order valence-electron chi connectivity index (χ3n) is 4.14. The molecular formula is C11H22N2. The lowest BCUT2D eigenvalue weighted by molar-refractivity contribution is 0.0502. The molecule has 13 heavy (non-hydrogen) atoms. The van der Waals surface area contributed by atoms with Crippen LogP contribution < -0.4 is 5.32 Å². The molecule has 1 unspecified atom stereocenters. The van der Waals surface area contributed by atoms with Crippen molar-refractivity contribution in [3.63, 3.8) is 0 Å². The monoisotopic (exact) mass is 182 g/mol. The molecule has 0 amide bonds. The quantitative estimate of drug-likeness (QED) is 0.610. The minimum absolute atomic E-state index is 0.706. The number of nitrogens with one attached hydrogen (secondary N) is 1. The highest BCUT2D eigenvalue weighted by molar-refractivity contribution is 4.91. The predicted molar refractivity (Wildman–Crippen MR) is 55.9 cm³/mol. The minimum atomic E-state index is 0.706. The maximum atomic E-state index is 3.47. The highest BCUT2D eigenvalue weighted by Gasteiger charge is 2.37. The van der Waals surface area contributed by atoms with Crippen LogP contribution in [0.2, 0.25) is 0 Å². The summed E-state index contributed by atoms with van der Waals surface area (Å²) < 4.78 is 0. The molecule has 2 fully saturated rings. The molecule has 0 saturated carbocycles. The summed E-state index contributed by atoms with van der Waals surface area (Å²) in [7, 11) is 2.26. The van der Waals surface area contributed by atoms with Crippen LogP contribution in [0.1, 0.15) is 32.6 Å². The summed E-state index contributed by atoms with van der Waals surface area (Å²) in [5.74, 6) is 0. The van der Waals surface area contributed by atoms with Crippen molar-refractivity contribution in [2.45, 2.75) is 38.6 Å². The van der Waals surface area contributed by atoms with E-state index >= 15 is 0 Å². The third kappa shape index (κ3) is 1.89. The molecular weight excluding hydrogens is 160 g/mol. The van der Waals surface area contributed by atoms with Crippen LogP contribution in [0.4, 0.5) is 0 Å². The van der Waals surface area contributed by atoms with Crippen molar-refractivity contribution >= 4 is 0 Å². The predicted octanol–water partition coefficient (Wildman–Crippen LogP) is 1.47. The number of rotatable bonds is 0. The molecule has 1 atom stereocenters. The lowest BCUT2D eigenvalue weighted by atomic mass is 9.69. The topological polar surface area (TPSA) is 15.3 Å². The van der Waals surface area contributed by atoms with E-state index in [0.717, 1.165) is 6.04 Å². The van der Waals surface area contributed by atoms with Gasteiger partial charge in [0.1, 0.15) is 0 Å². The zero-order chi connectivity index (χ0) is 9.31. The average Bonchev–Trinajstić information content (AvgIpc) is 2.14. The van der Waals surface area contributed by atoms with Crippen LogP contribution in [-0.4, -0.2) is 37.6 Å². The van der Waals surface area contributed by atoms with Crippen molar-refractivity contribution in [3.05, 3.63) is 0 Å². The molecule has 76 valence electrons. The Kier molecular flexibility index (Phi) is 2.61. The molecule has 0 aromatic carbocycles. The molecule has 1 N–H and O–H groups in total. The molecule has 1 spiro atoms. The Morgan fingerprint density at radius 3 is 2.54 bits per heavy atom. The van der Waals surface area contributed by atoms with Gasteiger partial charge in [-0.1, -0.05) is 0 Å². The van der Waals surface area contributed by atoms with Gasteiger partial charge < -0.3 is 10.2 Å². The smallest absolute Gasteiger partial charge is 0.00691 e. The van der Waals surface area contributed by atoms with Crippen molar-refractivity contribution in [2.75, 3.05) is 26.7 Å². The molecule has 2 rings (SSSR count). The Morgan fingerprint density at radius 2 is 1.92 bits per heavy atom. The summed E-state index contributed by atoms with van der Waals surface area (Å²) in [5, 5.41) is 3.47. The standard InChI is InChI=1S/C11H22N2/c1-10-9-11(5-8-13(10)2)3-6-12-7-4-11/h10,12H,3-9H2,1-2H3. The van der Waals surface area contributed by atoms with Crippen LogP contribution in [-0.2, 0) is 0 Å². The summed E-state index contributed by atoms with van der Waals surface area (Å²) >= 11 is 0. The molecule has 2 heterocycles. The highest BCUT2D eigenvalue weighted by atomic mass is 15.1. The number of likely N-dealkylation sites (tertiary alicyclic amines) is 1. The van der Waals surface area contributed by atoms with E-state index in [-0.39, 0.29) is 0 Å². The van der Waals surface area contributed by atoms with E-state index in [1.165, 1.54) is 45.3 Å². The van der Waals surface area contributed by atoms with E-state index in [0.29, 0.717) is 5.41 Å². The van der Waals surface area contributed by atoms with E-state index in [1.807, 2.05) is 0 Å². The molecule has 0 radical (unpaired) electrons. The summed E-state index contributed by atoms with van der Waals surface area (Å²) in [5.41, 5.74) is 0.706. The Hall–Kier alpha value is -0.0800. The Balaban J connectivity index is 1.99.